The molecule has 2 unspecified atom stereocenters. The second kappa shape index (κ2) is 12.1. The van der Waals surface area contributed by atoms with Crippen LogP contribution in [0.2, 0.25) is 0 Å². The first-order chi connectivity index (χ1) is 18.4. The first-order valence-electron chi connectivity index (χ1n) is 12.3. The average molecular weight is 529 g/mol. The van der Waals surface area contributed by atoms with Crippen LogP contribution in [-0.4, -0.2) is 40.4 Å². The summed E-state index contributed by atoms with van der Waals surface area (Å²) in [7, 11) is 0. The number of rotatable bonds is 8. The van der Waals surface area contributed by atoms with Gasteiger partial charge in [0, 0.05) is 11.7 Å². The fourth-order valence-corrected chi connectivity index (χ4v) is 3.93. The van der Waals surface area contributed by atoms with Crippen LogP contribution in [0, 0.1) is 19.4 Å². The molecule has 0 heterocycles. The minimum atomic E-state index is -1.46. The molecule has 3 aromatic rings. The van der Waals surface area contributed by atoms with Crippen molar-refractivity contribution in [2.45, 2.75) is 51.8 Å². The lowest BCUT2D eigenvalue weighted by atomic mass is 10.0. The molecule has 0 spiro atoms. The van der Waals surface area contributed by atoms with Gasteiger partial charge in [0.2, 0.25) is 5.91 Å². The highest BCUT2D eigenvalue weighted by atomic mass is 16.6. The van der Waals surface area contributed by atoms with E-state index in [0.29, 0.717) is 11.3 Å². The van der Waals surface area contributed by atoms with E-state index >= 15 is 0 Å². The number of nitrogens with two attached hydrogens (primary N) is 1. The molecule has 0 radical (unpaired) electrons. The molecule has 4 N–H and O–H groups in total. The Morgan fingerprint density at radius 3 is 2.23 bits per heavy atom. The van der Waals surface area contributed by atoms with Crippen LogP contribution < -0.4 is 16.4 Å². The first-order valence-corrected chi connectivity index (χ1v) is 12.3. The summed E-state index contributed by atoms with van der Waals surface area (Å²) in [6.45, 7) is 6.83. The third-order valence-electron chi connectivity index (χ3n) is 5.69. The van der Waals surface area contributed by atoms with E-state index in [-0.39, 0.29) is 0 Å². The summed E-state index contributed by atoms with van der Waals surface area (Å²) in [6.07, 6.45) is 4.27. The van der Waals surface area contributed by atoms with Crippen LogP contribution in [0.4, 0.5) is 10.5 Å². The van der Waals surface area contributed by atoms with Crippen LogP contribution in [0.15, 0.2) is 66.7 Å². The van der Waals surface area contributed by atoms with Gasteiger partial charge in [0.1, 0.15) is 17.7 Å². The lowest BCUT2D eigenvalue weighted by Gasteiger charge is -2.30. The van der Waals surface area contributed by atoms with Crippen molar-refractivity contribution in [3.63, 3.8) is 0 Å². The number of primary amides is 1. The van der Waals surface area contributed by atoms with Crippen LogP contribution in [0.25, 0.3) is 10.8 Å². The monoisotopic (exact) mass is 528 g/mol. The van der Waals surface area contributed by atoms with Gasteiger partial charge in [-0.05, 0) is 56.2 Å². The largest absolute Gasteiger partial charge is 0.444 e. The average Bonchev–Trinajstić information content (AvgIpc) is 2.85. The minimum absolute atomic E-state index is 0.431. The topological polar surface area (TPSA) is 131 Å². The fraction of sp³-hybridized carbons (Fsp3) is 0.267. The molecule has 2 atom stereocenters. The van der Waals surface area contributed by atoms with Crippen LogP contribution in [0.1, 0.15) is 44.4 Å². The van der Waals surface area contributed by atoms with E-state index < -0.39 is 47.9 Å². The van der Waals surface area contributed by atoms with E-state index in [1.165, 1.54) is 0 Å². The summed E-state index contributed by atoms with van der Waals surface area (Å²) in [5, 5.41) is 7.11. The van der Waals surface area contributed by atoms with Crippen LogP contribution >= 0.6 is 0 Å². The predicted molar refractivity (Wildman–Crippen MR) is 149 cm³/mol. The zero-order chi connectivity index (χ0) is 28.7. The molecule has 0 aromatic heterocycles. The quantitative estimate of drug-likeness (QED) is 0.300. The molecule has 3 rings (SSSR count). The molecule has 0 saturated heterocycles. The maximum atomic E-state index is 13.7. The zero-order valence-electron chi connectivity index (χ0n) is 22.4. The molecule has 0 aliphatic heterocycles. The van der Waals surface area contributed by atoms with Gasteiger partial charge in [-0.1, -0.05) is 66.6 Å². The Hall–Kier alpha value is -4.84. The van der Waals surface area contributed by atoms with Crippen molar-refractivity contribution in [3.05, 3.63) is 77.9 Å². The molecule has 39 heavy (non-hydrogen) atoms. The molecule has 0 aliphatic carbocycles. The number of carbonyl (C=O) groups excluding carboxylic acids is 4. The van der Waals surface area contributed by atoms with E-state index in [4.69, 9.17) is 16.9 Å². The van der Waals surface area contributed by atoms with Crippen molar-refractivity contribution in [3.8, 4) is 12.5 Å². The van der Waals surface area contributed by atoms with Crippen molar-refractivity contribution < 1.29 is 23.9 Å². The van der Waals surface area contributed by atoms with Gasteiger partial charge < -0.3 is 21.1 Å². The zero-order valence-corrected chi connectivity index (χ0v) is 22.4. The predicted octanol–water partition coefficient (Wildman–Crippen LogP) is 4.02. The van der Waals surface area contributed by atoms with Crippen LogP contribution in [0.5, 0.6) is 0 Å². The van der Waals surface area contributed by atoms with E-state index in [2.05, 4.69) is 16.7 Å². The second-order valence-electron chi connectivity index (χ2n) is 10.1. The molecular formula is C30H32N4O5. The lowest BCUT2D eigenvalue weighted by molar-refractivity contribution is -0.138. The molecule has 0 fully saturated rings. The summed E-state index contributed by atoms with van der Waals surface area (Å²) in [4.78, 5) is 52.4. The van der Waals surface area contributed by atoms with Crippen molar-refractivity contribution in [2.75, 3.05) is 5.32 Å². The van der Waals surface area contributed by atoms with Crippen molar-refractivity contribution >= 4 is 40.3 Å². The van der Waals surface area contributed by atoms with Crippen LogP contribution in [0.3, 0.4) is 0 Å². The Labute approximate surface area is 227 Å². The normalized spacial score (nSPS) is 12.5. The summed E-state index contributed by atoms with van der Waals surface area (Å²) < 4.78 is 5.23. The SMILES string of the molecule is C#CN(C(=O)C(CC(N)=O)NC(=O)OC(C)(C)C)C(C(=O)Nc1ccc2ccccc2c1)c1ccc(C)cc1. The summed E-state index contributed by atoms with van der Waals surface area (Å²) in [5.41, 5.74) is 6.36. The van der Waals surface area contributed by atoms with E-state index in [1.54, 1.807) is 57.2 Å². The van der Waals surface area contributed by atoms with Crippen molar-refractivity contribution in [1.29, 1.82) is 0 Å². The third-order valence-corrected chi connectivity index (χ3v) is 5.69. The molecule has 9 heteroatoms. The number of amides is 4. The highest BCUT2D eigenvalue weighted by Gasteiger charge is 2.36. The molecule has 4 amide bonds. The third kappa shape index (κ3) is 7.82. The van der Waals surface area contributed by atoms with E-state index in [1.807, 2.05) is 37.3 Å². The van der Waals surface area contributed by atoms with Crippen molar-refractivity contribution in [2.24, 2.45) is 5.73 Å². The number of alkyl carbamates (subject to hydrolysis) is 1. The number of aryl methyl sites for hydroxylation is 1. The lowest BCUT2D eigenvalue weighted by Crippen LogP contribution is -2.52. The highest BCUT2D eigenvalue weighted by molar-refractivity contribution is 6.01. The van der Waals surface area contributed by atoms with Gasteiger partial charge in [0.05, 0.1) is 6.42 Å². The Kier molecular flexibility index (Phi) is 8.94. The van der Waals surface area contributed by atoms with E-state index in [9.17, 15) is 19.2 Å². The maximum absolute atomic E-state index is 13.7. The number of anilines is 1. The molecule has 9 nitrogen and oxygen atoms in total. The number of benzene rings is 3. The van der Waals surface area contributed by atoms with Gasteiger partial charge in [-0.15, -0.1) is 0 Å². The summed E-state index contributed by atoms with van der Waals surface area (Å²) in [5.74, 6) is -2.31. The Balaban J connectivity index is 1.97. The number of carbonyl (C=O) groups is 4. The number of terminal acetylenes is 1. The molecule has 0 bridgehead atoms. The number of hydrogen-bond acceptors (Lipinski definition) is 5. The van der Waals surface area contributed by atoms with Gasteiger partial charge in [-0.3, -0.25) is 19.3 Å². The summed E-state index contributed by atoms with van der Waals surface area (Å²) >= 11 is 0. The smallest absolute Gasteiger partial charge is 0.408 e. The Morgan fingerprint density at radius 2 is 1.64 bits per heavy atom. The highest BCUT2D eigenvalue weighted by Crippen LogP contribution is 2.26. The Bertz CT molecular complexity index is 1420. The van der Waals surface area contributed by atoms with Crippen molar-refractivity contribution in [1.82, 2.24) is 10.2 Å². The number of nitrogens with one attached hydrogen (secondary N) is 2. The molecule has 3 aromatic carbocycles. The molecule has 0 saturated carbocycles. The van der Waals surface area contributed by atoms with E-state index in [0.717, 1.165) is 21.2 Å². The number of ether oxygens (including phenoxy) is 1. The van der Waals surface area contributed by atoms with Gasteiger partial charge in [0.25, 0.3) is 11.8 Å². The molecule has 0 aliphatic rings. The summed E-state index contributed by atoms with van der Waals surface area (Å²) in [6, 6.07) is 19.5. The maximum Gasteiger partial charge on any atom is 0.408 e. The first kappa shape index (κ1) is 28.7. The van der Waals surface area contributed by atoms with Gasteiger partial charge >= 0.3 is 6.09 Å². The molecule has 202 valence electrons. The van der Waals surface area contributed by atoms with Crippen LogP contribution in [-0.2, 0) is 19.1 Å². The standard InChI is InChI=1S/C30H32N4O5/c1-6-34(28(37)24(18-25(31)35)33-29(38)39-30(3,4)5)26(21-13-11-19(2)12-14-21)27(36)32-23-16-15-20-9-7-8-10-22(20)17-23/h1,7-17,24,26H,18H2,2-5H3,(H2,31,35)(H,32,36)(H,33,38). The minimum Gasteiger partial charge on any atom is -0.444 e. The van der Waals surface area contributed by atoms with Gasteiger partial charge in [-0.2, -0.15) is 0 Å². The molecular weight excluding hydrogens is 496 g/mol. The number of nitrogens with zero attached hydrogens (tertiary/aromatic N) is 1. The fourth-order valence-electron chi connectivity index (χ4n) is 3.93. The second-order valence-corrected chi connectivity index (χ2v) is 10.1. The number of fused-ring (bicyclic) bond motifs is 1. The van der Waals surface area contributed by atoms with Gasteiger partial charge in [0.15, 0.2) is 0 Å². The number of hydrogen-bond donors (Lipinski definition) is 3. The Morgan fingerprint density at radius 1 is 1.00 bits per heavy atom. The van der Waals surface area contributed by atoms with Gasteiger partial charge in [-0.25, -0.2) is 4.79 Å².